The molecular formula is C12H11N3O5. The quantitative estimate of drug-likeness (QED) is 0.340. The van der Waals surface area contributed by atoms with Crippen LogP contribution in [0, 0.1) is 21.4 Å². The van der Waals surface area contributed by atoms with E-state index in [1.165, 1.54) is 12.1 Å². The second-order valence-corrected chi connectivity index (χ2v) is 3.65. The first-order chi connectivity index (χ1) is 9.58. The molecule has 0 fully saturated rings. The second kappa shape index (κ2) is 7.48. The molecule has 104 valence electrons. The standard InChI is InChI=1S/C12H11N3O5/c13-4-1-5-14-12(17)8-20-11-6-9(7-16)2-3-10(11)15(18)19/h2-3,6-7H,1,5,8H2,(H,14,17). The molecule has 1 rings (SSSR count). The average Bonchev–Trinajstić information content (AvgIpc) is 2.44. The molecule has 0 aliphatic carbocycles. The first kappa shape index (κ1) is 15.1. The maximum Gasteiger partial charge on any atom is 0.310 e. The van der Waals surface area contributed by atoms with Crippen LogP contribution in [0.15, 0.2) is 18.2 Å². The molecule has 1 aromatic rings. The maximum atomic E-state index is 11.3. The SMILES string of the molecule is N#CCCNC(=O)COc1cc(C=O)ccc1[N+](=O)[O-]. The maximum absolute atomic E-state index is 11.3. The summed E-state index contributed by atoms with van der Waals surface area (Å²) in [4.78, 5) is 32.1. The zero-order valence-corrected chi connectivity index (χ0v) is 10.4. The summed E-state index contributed by atoms with van der Waals surface area (Å²) >= 11 is 0. The molecule has 0 aliphatic heterocycles. The van der Waals surface area contributed by atoms with Gasteiger partial charge in [-0.05, 0) is 12.1 Å². The molecule has 1 N–H and O–H groups in total. The van der Waals surface area contributed by atoms with E-state index in [1.54, 1.807) is 0 Å². The summed E-state index contributed by atoms with van der Waals surface area (Å²) in [6.07, 6.45) is 0.677. The van der Waals surface area contributed by atoms with Gasteiger partial charge < -0.3 is 10.1 Å². The summed E-state index contributed by atoms with van der Waals surface area (Å²) in [5.74, 6) is -0.666. The summed E-state index contributed by atoms with van der Waals surface area (Å²) in [5, 5.41) is 21.5. The summed E-state index contributed by atoms with van der Waals surface area (Å²) in [5.41, 5.74) is -0.129. The summed E-state index contributed by atoms with van der Waals surface area (Å²) in [7, 11) is 0. The number of nitro benzene ring substituents is 1. The fourth-order valence-corrected chi connectivity index (χ4v) is 1.32. The van der Waals surface area contributed by atoms with Crippen molar-refractivity contribution in [2.75, 3.05) is 13.2 Å². The van der Waals surface area contributed by atoms with Crippen LogP contribution in [0.1, 0.15) is 16.8 Å². The van der Waals surface area contributed by atoms with Gasteiger partial charge in [-0.1, -0.05) is 0 Å². The third kappa shape index (κ3) is 4.38. The van der Waals surface area contributed by atoms with E-state index in [4.69, 9.17) is 10.00 Å². The normalized spacial score (nSPS) is 9.35. The Hall–Kier alpha value is -2.95. The number of ether oxygens (including phenoxy) is 1. The number of rotatable bonds is 7. The molecule has 1 aromatic carbocycles. The van der Waals surface area contributed by atoms with Gasteiger partial charge in [0, 0.05) is 18.2 Å². The van der Waals surface area contributed by atoms with Crippen LogP contribution in [0.2, 0.25) is 0 Å². The van der Waals surface area contributed by atoms with Crippen molar-refractivity contribution < 1.29 is 19.2 Å². The van der Waals surface area contributed by atoms with Gasteiger partial charge in [0.1, 0.15) is 6.29 Å². The molecular weight excluding hydrogens is 266 g/mol. The minimum Gasteiger partial charge on any atom is -0.477 e. The third-order valence-corrected chi connectivity index (χ3v) is 2.23. The second-order valence-electron chi connectivity index (χ2n) is 3.65. The van der Waals surface area contributed by atoms with Crippen LogP contribution in [0.4, 0.5) is 5.69 Å². The smallest absolute Gasteiger partial charge is 0.310 e. The van der Waals surface area contributed by atoms with E-state index in [-0.39, 0.29) is 30.0 Å². The number of hydrogen-bond acceptors (Lipinski definition) is 6. The lowest BCUT2D eigenvalue weighted by Gasteiger charge is -2.07. The van der Waals surface area contributed by atoms with Gasteiger partial charge in [-0.2, -0.15) is 5.26 Å². The van der Waals surface area contributed by atoms with Crippen LogP contribution in [-0.2, 0) is 4.79 Å². The van der Waals surface area contributed by atoms with Crippen LogP contribution < -0.4 is 10.1 Å². The van der Waals surface area contributed by atoms with E-state index < -0.39 is 17.4 Å². The Morgan fingerprint density at radius 1 is 1.55 bits per heavy atom. The van der Waals surface area contributed by atoms with E-state index in [0.717, 1.165) is 6.07 Å². The number of aldehydes is 1. The number of nitrogens with zero attached hydrogens (tertiary/aromatic N) is 2. The Morgan fingerprint density at radius 3 is 2.90 bits per heavy atom. The van der Waals surface area contributed by atoms with Crippen molar-refractivity contribution in [3.05, 3.63) is 33.9 Å². The van der Waals surface area contributed by atoms with Crippen molar-refractivity contribution in [3.8, 4) is 11.8 Å². The fraction of sp³-hybridized carbons (Fsp3) is 0.250. The number of nitrogens with one attached hydrogen (secondary N) is 1. The highest BCUT2D eigenvalue weighted by Crippen LogP contribution is 2.27. The van der Waals surface area contributed by atoms with Crippen LogP contribution in [0.3, 0.4) is 0 Å². The summed E-state index contributed by atoms with van der Waals surface area (Å²) in [6, 6.07) is 5.45. The number of carbonyl (C=O) groups is 2. The van der Waals surface area contributed by atoms with Crippen molar-refractivity contribution in [1.82, 2.24) is 5.32 Å². The Morgan fingerprint density at radius 2 is 2.30 bits per heavy atom. The van der Waals surface area contributed by atoms with Gasteiger partial charge >= 0.3 is 5.69 Å². The number of nitro groups is 1. The largest absolute Gasteiger partial charge is 0.477 e. The lowest BCUT2D eigenvalue weighted by molar-refractivity contribution is -0.385. The molecule has 0 unspecified atom stereocenters. The van der Waals surface area contributed by atoms with E-state index in [9.17, 15) is 19.7 Å². The zero-order chi connectivity index (χ0) is 15.0. The van der Waals surface area contributed by atoms with Gasteiger partial charge in [-0.25, -0.2) is 0 Å². The molecule has 0 saturated carbocycles. The van der Waals surface area contributed by atoms with Crippen LogP contribution in [-0.4, -0.2) is 30.3 Å². The molecule has 0 heterocycles. The van der Waals surface area contributed by atoms with Crippen molar-refractivity contribution >= 4 is 17.9 Å². The van der Waals surface area contributed by atoms with E-state index in [2.05, 4.69) is 5.32 Å². The summed E-state index contributed by atoms with van der Waals surface area (Å²) < 4.78 is 5.04. The average molecular weight is 277 g/mol. The lowest BCUT2D eigenvalue weighted by atomic mass is 10.2. The Kier molecular flexibility index (Phi) is 5.65. The van der Waals surface area contributed by atoms with Crippen molar-refractivity contribution in [2.45, 2.75) is 6.42 Å². The Balaban J connectivity index is 2.70. The van der Waals surface area contributed by atoms with E-state index >= 15 is 0 Å². The van der Waals surface area contributed by atoms with Gasteiger partial charge in [0.2, 0.25) is 0 Å². The molecule has 0 aromatic heterocycles. The highest BCUT2D eigenvalue weighted by Gasteiger charge is 2.16. The fourth-order valence-electron chi connectivity index (χ4n) is 1.32. The molecule has 8 heteroatoms. The predicted molar refractivity (Wildman–Crippen MR) is 67.2 cm³/mol. The molecule has 0 radical (unpaired) electrons. The van der Waals surface area contributed by atoms with Gasteiger partial charge in [0.25, 0.3) is 5.91 Å². The molecule has 8 nitrogen and oxygen atoms in total. The van der Waals surface area contributed by atoms with Gasteiger partial charge in [-0.15, -0.1) is 0 Å². The van der Waals surface area contributed by atoms with Crippen LogP contribution in [0.25, 0.3) is 0 Å². The number of nitriles is 1. The molecule has 0 spiro atoms. The van der Waals surface area contributed by atoms with Crippen LogP contribution >= 0.6 is 0 Å². The minimum atomic E-state index is -0.669. The number of benzene rings is 1. The van der Waals surface area contributed by atoms with E-state index in [0.29, 0.717) is 6.29 Å². The molecule has 0 aliphatic rings. The first-order valence-corrected chi connectivity index (χ1v) is 5.58. The molecule has 20 heavy (non-hydrogen) atoms. The number of hydrogen-bond donors (Lipinski definition) is 1. The Bertz CT molecular complexity index is 565. The van der Waals surface area contributed by atoms with Crippen molar-refractivity contribution in [1.29, 1.82) is 5.26 Å². The number of carbonyl (C=O) groups excluding carboxylic acids is 2. The highest BCUT2D eigenvalue weighted by molar-refractivity contribution is 5.79. The monoisotopic (exact) mass is 277 g/mol. The third-order valence-electron chi connectivity index (χ3n) is 2.23. The molecule has 0 bridgehead atoms. The summed E-state index contributed by atoms with van der Waals surface area (Å²) in [6.45, 7) is -0.260. The van der Waals surface area contributed by atoms with Crippen molar-refractivity contribution in [2.24, 2.45) is 0 Å². The first-order valence-electron chi connectivity index (χ1n) is 5.58. The minimum absolute atomic E-state index is 0.157. The molecule has 0 atom stereocenters. The Labute approximate surface area is 114 Å². The highest BCUT2D eigenvalue weighted by atomic mass is 16.6. The van der Waals surface area contributed by atoms with Gasteiger partial charge in [0.05, 0.1) is 17.4 Å². The van der Waals surface area contributed by atoms with Crippen molar-refractivity contribution in [3.63, 3.8) is 0 Å². The molecule has 0 saturated heterocycles. The zero-order valence-electron chi connectivity index (χ0n) is 10.4. The van der Waals surface area contributed by atoms with E-state index in [1.807, 2.05) is 6.07 Å². The van der Waals surface area contributed by atoms with Gasteiger partial charge in [-0.3, -0.25) is 19.7 Å². The predicted octanol–water partition coefficient (Wildman–Crippen LogP) is 0.816. The lowest BCUT2D eigenvalue weighted by Crippen LogP contribution is -2.29. The number of amides is 1. The van der Waals surface area contributed by atoms with Crippen LogP contribution in [0.5, 0.6) is 5.75 Å². The molecule has 1 amide bonds. The topological polar surface area (TPSA) is 122 Å². The van der Waals surface area contributed by atoms with Gasteiger partial charge in [0.15, 0.2) is 12.4 Å².